The Bertz CT molecular complexity index is 586. The topological polar surface area (TPSA) is 50.7 Å². The number of aromatic nitrogens is 3. The number of aryl methyl sites for hydroxylation is 1. The third-order valence-electron chi connectivity index (χ3n) is 3.48. The predicted molar refractivity (Wildman–Crippen MR) is 87.7 cm³/mol. The summed E-state index contributed by atoms with van der Waals surface area (Å²) in [6.07, 6.45) is 4.88. The van der Waals surface area contributed by atoms with Crippen molar-refractivity contribution < 1.29 is 0 Å². The lowest BCUT2D eigenvalue weighted by Gasteiger charge is -2.23. The minimum atomic E-state index is -0.00933. The van der Waals surface area contributed by atoms with Crippen molar-refractivity contribution in [2.75, 3.05) is 6.54 Å². The first-order chi connectivity index (χ1) is 9.95. The van der Waals surface area contributed by atoms with Gasteiger partial charge in [-0.3, -0.25) is 4.98 Å². The Balaban J connectivity index is 2.47. The molecule has 0 aromatic carbocycles. The maximum atomic E-state index is 4.38. The first kappa shape index (κ1) is 16.0. The average Bonchev–Trinajstić information content (AvgIpc) is 2.90. The van der Waals surface area contributed by atoms with Crippen LogP contribution in [-0.4, -0.2) is 21.1 Å². The molecule has 0 aliphatic heterocycles. The van der Waals surface area contributed by atoms with Gasteiger partial charge in [-0.15, -0.1) is 5.10 Å². The molecule has 2 rings (SSSR count). The number of nitrogens with one attached hydrogen (secondary N) is 1. The second-order valence-corrected chi connectivity index (χ2v) is 7.14. The summed E-state index contributed by atoms with van der Waals surface area (Å²) in [7, 11) is 0. The third kappa shape index (κ3) is 3.66. The van der Waals surface area contributed by atoms with E-state index in [1.165, 1.54) is 27.5 Å². The van der Waals surface area contributed by atoms with Crippen molar-refractivity contribution in [3.8, 4) is 0 Å². The fourth-order valence-electron chi connectivity index (χ4n) is 2.32. The molecular formula is C16H24N4S. The number of hydrogen-bond donors (Lipinski definition) is 1. The maximum Gasteiger partial charge on any atom is 0.0860 e. The SMILES string of the molecule is CCCNC(c1cnccc1C)c1snnc1C(C)(C)C. The molecule has 4 nitrogen and oxygen atoms in total. The van der Waals surface area contributed by atoms with Crippen LogP contribution in [0.1, 0.15) is 61.9 Å². The Morgan fingerprint density at radius 3 is 2.71 bits per heavy atom. The van der Waals surface area contributed by atoms with E-state index in [1.807, 2.05) is 12.4 Å². The van der Waals surface area contributed by atoms with E-state index in [-0.39, 0.29) is 11.5 Å². The molecule has 0 fully saturated rings. The van der Waals surface area contributed by atoms with E-state index in [0.29, 0.717) is 0 Å². The zero-order valence-electron chi connectivity index (χ0n) is 13.5. The molecule has 0 aliphatic carbocycles. The van der Waals surface area contributed by atoms with Gasteiger partial charge in [0.15, 0.2) is 0 Å². The predicted octanol–water partition coefficient (Wildman–Crippen LogP) is 3.63. The van der Waals surface area contributed by atoms with Gasteiger partial charge in [0.05, 0.1) is 16.6 Å². The summed E-state index contributed by atoms with van der Waals surface area (Å²) < 4.78 is 4.20. The van der Waals surface area contributed by atoms with Crippen molar-refractivity contribution in [2.45, 2.75) is 52.5 Å². The molecule has 114 valence electrons. The second-order valence-electron chi connectivity index (χ2n) is 6.36. The fourth-order valence-corrected chi connectivity index (χ4v) is 3.28. The van der Waals surface area contributed by atoms with Gasteiger partial charge >= 0.3 is 0 Å². The molecule has 5 heteroatoms. The van der Waals surface area contributed by atoms with Crippen LogP contribution in [0.25, 0.3) is 0 Å². The molecule has 1 atom stereocenters. The standard InChI is InChI=1S/C16H24N4S/c1-6-8-18-13(12-10-17-9-7-11(12)2)14-15(16(3,4)5)19-20-21-14/h7,9-10,13,18H,6,8H2,1-5H3. The molecule has 2 heterocycles. The van der Waals surface area contributed by atoms with E-state index in [9.17, 15) is 0 Å². The van der Waals surface area contributed by atoms with Crippen LogP contribution < -0.4 is 5.32 Å². The van der Waals surface area contributed by atoms with E-state index in [1.54, 1.807) is 0 Å². The monoisotopic (exact) mass is 304 g/mol. The Kier molecular flexibility index (Phi) is 5.06. The number of rotatable bonds is 5. The highest BCUT2D eigenvalue weighted by atomic mass is 32.1. The average molecular weight is 304 g/mol. The molecule has 0 spiro atoms. The minimum absolute atomic E-state index is 0.00933. The molecule has 2 aromatic rings. The summed E-state index contributed by atoms with van der Waals surface area (Å²) in [5.74, 6) is 0. The Morgan fingerprint density at radius 1 is 1.33 bits per heavy atom. The molecule has 1 N–H and O–H groups in total. The molecule has 0 aliphatic rings. The van der Waals surface area contributed by atoms with Gasteiger partial charge in [0, 0.05) is 17.8 Å². The van der Waals surface area contributed by atoms with E-state index < -0.39 is 0 Å². The molecule has 0 radical (unpaired) electrons. The summed E-state index contributed by atoms with van der Waals surface area (Å²) in [6.45, 7) is 11.8. The van der Waals surface area contributed by atoms with Crippen LogP contribution in [0.2, 0.25) is 0 Å². The number of hydrogen-bond acceptors (Lipinski definition) is 5. The van der Waals surface area contributed by atoms with E-state index >= 15 is 0 Å². The quantitative estimate of drug-likeness (QED) is 0.916. The molecule has 0 bridgehead atoms. The second kappa shape index (κ2) is 6.62. The number of nitrogens with zero attached hydrogens (tertiary/aromatic N) is 3. The lowest BCUT2D eigenvalue weighted by Crippen LogP contribution is -2.26. The van der Waals surface area contributed by atoms with Crippen LogP contribution >= 0.6 is 11.5 Å². The van der Waals surface area contributed by atoms with Gasteiger partial charge in [0.2, 0.25) is 0 Å². The third-order valence-corrected chi connectivity index (χ3v) is 4.26. The summed E-state index contributed by atoms with van der Waals surface area (Å²) in [4.78, 5) is 5.50. The minimum Gasteiger partial charge on any atom is -0.305 e. The van der Waals surface area contributed by atoms with Gasteiger partial charge in [0.25, 0.3) is 0 Å². The highest BCUT2D eigenvalue weighted by Gasteiger charge is 2.28. The maximum absolute atomic E-state index is 4.38. The van der Waals surface area contributed by atoms with Gasteiger partial charge in [-0.1, -0.05) is 32.2 Å². The van der Waals surface area contributed by atoms with E-state index in [4.69, 9.17) is 0 Å². The van der Waals surface area contributed by atoms with Crippen molar-refractivity contribution in [3.63, 3.8) is 0 Å². The van der Waals surface area contributed by atoms with Gasteiger partial charge in [-0.25, -0.2) is 0 Å². The highest BCUT2D eigenvalue weighted by molar-refractivity contribution is 7.05. The van der Waals surface area contributed by atoms with Crippen LogP contribution in [0, 0.1) is 6.92 Å². The molecule has 0 saturated heterocycles. The summed E-state index contributed by atoms with van der Waals surface area (Å²) in [5, 5.41) is 8.01. The summed E-state index contributed by atoms with van der Waals surface area (Å²) in [5.41, 5.74) is 3.52. The smallest absolute Gasteiger partial charge is 0.0860 e. The molecule has 0 amide bonds. The highest BCUT2D eigenvalue weighted by Crippen LogP contribution is 2.34. The van der Waals surface area contributed by atoms with Gasteiger partial charge in [-0.05, 0) is 48.6 Å². The van der Waals surface area contributed by atoms with Gasteiger partial charge < -0.3 is 5.32 Å². The van der Waals surface area contributed by atoms with Crippen molar-refractivity contribution in [3.05, 3.63) is 40.2 Å². The van der Waals surface area contributed by atoms with Crippen LogP contribution in [0.15, 0.2) is 18.5 Å². The number of pyridine rings is 1. The van der Waals surface area contributed by atoms with Crippen LogP contribution in [0.4, 0.5) is 0 Å². The normalized spacial score (nSPS) is 13.4. The zero-order chi connectivity index (χ0) is 15.5. The molecule has 21 heavy (non-hydrogen) atoms. The van der Waals surface area contributed by atoms with Crippen molar-refractivity contribution in [2.24, 2.45) is 0 Å². The van der Waals surface area contributed by atoms with Crippen molar-refractivity contribution in [1.82, 2.24) is 19.9 Å². The lowest BCUT2D eigenvalue weighted by molar-refractivity contribution is 0.536. The van der Waals surface area contributed by atoms with E-state index in [0.717, 1.165) is 18.7 Å². The lowest BCUT2D eigenvalue weighted by atomic mass is 9.88. The Hall–Kier alpha value is -1.33. The van der Waals surface area contributed by atoms with Crippen molar-refractivity contribution >= 4 is 11.5 Å². The van der Waals surface area contributed by atoms with Crippen LogP contribution in [0.5, 0.6) is 0 Å². The van der Waals surface area contributed by atoms with Crippen LogP contribution in [0.3, 0.4) is 0 Å². The van der Waals surface area contributed by atoms with Gasteiger partial charge in [-0.2, -0.15) is 0 Å². The first-order valence-electron chi connectivity index (χ1n) is 7.41. The summed E-state index contributed by atoms with van der Waals surface area (Å²) in [6, 6.07) is 2.18. The summed E-state index contributed by atoms with van der Waals surface area (Å²) >= 11 is 1.49. The van der Waals surface area contributed by atoms with Gasteiger partial charge in [0.1, 0.15) is 0 Å². The zero-order valence-corrected chi connectivity index (χ0v) is 14.3. The molecule has 1 unspecified atom stereocenters. The van der Waals surface area contributed by atoms with Crippen molar-refractivity contribution in [1.29, 1.82) is 0 Å². The molecular weight excluding hydrogens is 280 g/mol. The van der Waals surface area contributed by atoms with E-state index in [2.05, 4.69) is 60.6 Å². The largest absolute Gasteiger partial charge is 0.305 e. The van der Waals surface area contributed by atoms with Crippen LogP contribution in [-0.2, 0) is 5.41 Å². The molecule has 2 aromatic heterocycles. The molecule has 0 saturated carbocycles. The first-order valence-corrected chi connectivity index (χ1v) is 8.19. The Labute approximate surface area is 131 Å². The Morgan fingerprint density at radius 2 is 2.10 bits per heavy atom. The fraction of sp³-hybridized carbons (Fsp3) is 0.562.